The van der Waals surface area contributed by atoms with Crippen molar-refractivity contribution in [1.29, 1.82) is 0 Å². The SMILES string of the molecule is COC(=O)CC1(CS(=O)(=O)C2CCCC(=O)C2)CC1. The summed E-state index contributed by atoms with van der Waals surface area (Å²) in [6.45, 7) is 0. The topological polar surface area (TPSA) is 77.5 Å². The van der Waals surface area contributed by atoms with Crippen LogP contribution in [0.3, 0.4) is 0 Å². The third-order valence-corrected chi connectivity index (χ3v) is 6.59. The Bertz CT molecular complexity index is 475. The van der Waals surface area contributed by atoms with Gasteiger partial charge in [-0.15, -0.1) is 0 Å². The van der Waals surface area contributed by atoms with Gasteiger partial charge >= 0.3 is 5.97 Å². The van der Waals surface area contributed by atoms with E-state index in [0.29, 0.717) is 19.3 Å². The lowest BCUT2D eigenvalue weighted by Gasteiger charge is -2.23. The molecular formula is C13H20O5S. The zero-order chi connectivity index (χ0) is 14.1. The average Bonchev–Trinajstić information content (AvgIpc) is 3.07. The Hall–Kier alpha value is -0.910. The number of Topliss-reactive ketones (excluding diaryl/α,β-unsaturated/α-hetero) is 1. The molecule has 2 aliphatic carbocycles. The van der Waals surface area contributed by atoms with Gasteiger partial charge < -0.3 is 4.74 Å². The number of rotatable bonds is 5. The van der Waals surface area contributed by atoms with Crippen molar-refractivity contribution in [2.45, 2.75) is 50.2 Å². The van der Waals surface area contributed by atoms with Gasteiger partial charge in [-0.3, -0.25) is 9.59 Å². The highest BCUT2D eigenvalue weighted by molar-refractivity contribution is 7.92. The summed E-state index contributed by atoms with van der Waals surface area (Å²) in [6, 6.07) is 0. The largest absolute Gasteiger partial charge is 0.469 e. The van der Waals surface area contributed by atoms with Crippen molar-refractivity contribution in [3.63, 3.8) is 0 Å². The molecule has 0 aromatic rings. The molecule has 0 N–H and O–H groups in total. The predicted molar refractivity (Wildman–Crippen MR) is 69.3 cm³/mol. The second-order valence-electron chi connectivity index (χ2n) is 5.82. The van der Waals surface area contributed by atoms with Crippen molar-refractivity contribution in [3.8, 4) is 0 Å². The monoisotopic (exact) mass is 288 g/mol. The average molecular weight is 288 g/mol. The normalized spacial score (nSPS) is 25.9. The zero-order valence-electron chi connectivity index (χ0n) is 11.2. The van der Waals surface area contributed by atoms with E-state index in [1.165, 1.54) is 7.11 Å². The predicted octanol–water partition coefficient (Wildman–Crippen LogP) is 1.26. The molecule has 0 aromatic carbocycles. The van der Waals surface area contributed by atoms with Gasteiger partial charge in [0.1, 0.15) is 5.78 Å². The molecule has 2 rings (SSSR count). The van der Waals surface area contributed by atoms with Gasteiger partial charge in [-0.05, 0) is 31.1 Å². The Kier molecular flexibility index (Phi) is 3.99. The van der Waals surface area contributed by atoms with Crippen molar-refractivity contribution < 1.29 is 22.7 Å². The number of hydrogen-bond acceptors (Lipinski definition) is 5. The van der Waals surface area contributed by atoms with Gasteiger partial charge in [0.25, 0.3) is 0 Å². The number of esters is 1. The number of sulfone groups is 1. The van der Waals surface area contributed by atoms with Crippen LogP contribution in [0.15, 0.2) is 0 Å². The Morgan fingerprint density at radius 3 is 2.63 bits per heavy atom. The van der Waals surface area contributed by atoms with E-state index >= 15 is 0 Å². The minimum Gasteiger partial charge on any atom is -0.469 e. The molecule has 2 saturated carbocycles. The standard InChI is InChI=1S/C13H20O5S/c1-18-12(15)8-13(5-6-13)9-19(16,17)11-4-2-3-10(14)7-11/h11H,2-9H2,1H3. The molecule has 0 amide bonds. The molecule has 19 heavy (non-hydrogen) atoms. The fraction of sp³-hybridized carbons (Fsp3) is 0.846. The summed E-state index contributed by atoms with van der Waals surface area (Å²) in [5.74, 6) is -0.294. The summed E-state index contributed by atoms with van der Waals surface area (Å²) >= 11 is 0. The lowest BCUT2D eigenvalue weighted by Crippen LogP contribution is -2.33. The summed E-state index contributed by atoms with van der Waals surface area (Å²) < 4.78 is 29.3. The maximum Gasteiger partial charge on any atom is 0.306 e. The van der Waals surface area contributed by atoms with E-state index in [1.54, 1.807) is 0 Å². The Morgan fingerprint density at radius 2 is 2.11 bits per heavy atom. The highest BCUT2D eigenvalue weighted by Crippen LogP contribution is 2.50. The molecule has 2 aliphatic rings. The van der Waals surface area contributed by atoms with Crippen molar-refractivity contribution in [2.75, 3.05) is 12.9 Å². The van der Waals surface area contributed by atoms with Gasteiger partial charge in [-0.1, -0.05) is 0 Å². The molecule has 108 valence electrons. The number of hydrogen-bond donors (Lipinski definition) is 0. The molecule has 0 spiro atoms. The first-order valence-electron chi connectivity index (χ1n) is 6.67. The quantitative estimate of drug-likeness (QED) is 0.712. The molecule has 0 radical (unpaired) electrons. The van der Waals surface area contributed by atoms with E-state index in [2.05, 4.69) is 4.74 Å². The maximum atomic E-state index is 12.4. The lowest BCUT2D eigenvalue weighted by molar-refractivity contribution is -0.141. The summed E-state index contributed by atoms with van der Waals surface area (Å²) in [5, 5.41) is -0.538. The van der Waals surface area contributed by atoms with Crippen LogP contribution in [0.1, 0.15) is 44.9 Å². The fourth-order valence-electron chi connectivity index (χ4n) is 2.76. The van der Waals surface area contributed by atoms with Crippen LogP contribution in [0, 0.1) is 5.41 Å². The van der Waals surface area contributed by atoms with Crippen LogP contribution >= 0.6 is 0 Å². The molecule has 0 bridgehead atoms. The van der Waals surface area contributed by atoms with E-state index in [9.17, 15) is 18.0 Å². The van der Waals surface area contributed by atoms with Crippen LogP contribution in [0.4, 0.5) is 0 Å². The van der Waals surface area contributed by atoms with Crippen molar-refractivity contribution in [3.05, 3.63) is 0 Å². The van der Waals surface area contributed by atoms with Gasteiger partial charge in [0.05, 0.1) is 24.5 Å². The van der Waals surface area contributed by atoms with Crippen molar-refractivity contribution in [1.82, 2.24) is 0 Å². The number of carbonyl (C=O) groups is 2. The minimum atomic E-state index is -3.29. The van der Waals surface area contributed by atoms with Crippen LogP contribution < -0.4 is 0 Å². The van der Waals surface area contributed by atoms with Gasteiger partial charge in [0.2, 0.25) is 0 Å². The lowest BCUT2D eigenvalue weighted by atomic mass is 9.99. The van der Waals surface area contributed by atoms with Crippen LogP contribution in [0.2, 0.25) is 0 Å². The maximum absolute atomic E-state index is 12.4. The summed E-state index contributed by atoms with van der Waals surface area (Å²) in [5.41, 5.74) is -0.424. The van der Waals surface area contributed by atoms with Gasteiger partial charge in [-0.25, -0.2) is 8.42 Å². The summed E-state index contributed by atoms with van der Waals surface area (Å²) in [6.07, 6.45) is 3.55. The Balaban J connectivity index is 2.01. The van der Waals surface area contributed by atoms with Crippen LogP contribution in [-0.4, -0.2) is 38.3 Å². The second-order valence-corrected chi connectivity index (χ2v) is 8.10. The molecular weight excluding hydrogens is 268 g/mol. The first kappa shape index (κ1) is 14.5. The number of methoxy groups -OCH3 is 1. The first-order valence-corrected chi connectivity index (χ1v) is 8.39. The molecule has 0 aliphatic heterocycles. The van der Waals surface area contributed by atoms with Crippen LogP contribution in [-0.2, 0) is 24.2 Å². The van der Waals surface area contributed by atoms with Gasteiger partial charge in [0, 0.05) is 12.8 Å². The molecule has 2 fully saturated rings. The van der Waals surface area contributed by atoms with Crippen LogP contribution in [0.25, 0.3) is 0 Å². The molecule has 1 atom stereocenters. The first-order chi connectivity index (χ1) is 8.87. The molecule has 0 heterocycles. The summed E-state index contributed by atoms with van der Waals surface area (Å²) in [7, 11) is -1.98. The Labute approximate surface area is 113 Å². The molecule has 5 nitrogen and oxygen atoms in total. The second kappa shape index (κ2) is 5.23. The summed E-state index contributed by atoms with van der Waals surface area (Å²) in [4.78, 5) is 22.7. The van der Waals surface area contributed by atoms with Gasteiger partial charge in [0.15, 0.2) is 9.84 Å². The smallest absolute Gasteiger partial charge is 0.306 e. The number of ether oxygens (including phenoxy) is 1. The van der Waals surface area contributed by atoms with Crippen LogP contribution in [0.5, 0.6) is 0 Å². The molecule has 6 heteroatoms. The van der Waals surface area contributed by atoms with E-state index in [4.69, 9.17) is 0 Å². The van der Waals surface area contributed by atoms with Gasteiger partial charge in [-0.2, -0.15) is 0 Å². The molecule has 0 saturated heterocycles. The highest BCUT2D eigenvalue weighted by Gasteiger charge is 2.49. The van der Waals surface area contributed by atoms with Crippen molar-refractivity contribution >= 4 is 21.6 Å². The van der Waals surface area contributed by atoms with E-state index in [-0.39, 0.29) is 30.3 Å². The molecule has 1 unspecified atom stereocenters. The van der Waals surface area contributed by atoms with E-state index in [0.717, 1.165) is 12.8 Å². The number of carbonyl (C=O) groups excluding carboxylic acids is 2. The number of ketones is 1. The minimum absolute atomic E-state index is 0.0209. The third kappa shape index (κ3) is 3.55. The van der Waals surface area contributed by atoms with E-state index in [1.807, 2.05) is 0 Å². The third-order valence-electron chi connectivity index (χ3n) is 4.16. The highest BCUT2D eigenvalue weighted by atomic mass is 32.2. The molecule has 0 aromatic heterocycles. The van der Waals surface area contributed by atoms with Crippen molar-refractivity contribution in [2.24, 2.45) is 5.41 Å². The fourth-order valence-corrected chi connectivity index (χ4v) is 5.21. The van der Waals surface area contributed by atoms with E-state index < -0.39 is 20.5 Å². The Morgan fingerprint density at radius 1 is 1.42 bits per heavy atom. The zero-order valence-corrected chi connectivity index (χ0v) is 12.0.